The van der Waals surface area contributed by atoms with Gasteiger partial charge in [-0.25, -0.2) is 13.2 Å². The number of nitrogens with zero attached hydrogens (tertiary/aromatic N) is 1. The van der Waals surface area contributed by atoms with Gasteiger partial charge in [-0.3, -0.25) is 4.84 Å². The third kappa shape index (κ3) is 2.61. The van der Waals surface area contributed by atoms with E-state index in [0.29, 0.717) is 4.47 Å². The Morgan fingerprint density at radius 2 is 1.94 bits per heavy atom. The molecule has 100 valence electrons. The maximum atomic E-state index is 12.1. The summed E-state index contributed by atoms with van der Waals surface area (Å²) in [5.74, 6) is -0.766. The Labute approximate surface area is 105 Å². The highest BCUT2D eigenvalue weighted by Crippen LogP contribution is 2.22. The van der Waals surface area contributed by atoms with Crippen LogP contribution in [0.25, 0.3) is 0 Å². The zero-order valence-corrected chi connectivity index (χ0v) is 11.0. The Kier molecular flexibility index (Phi) is 4.28. The van der Waals surface area contributed by atoms with Crippen molar-refractivity contribution >= 4 is 21.7 Å². The number of carbonyl (C=O) groups excluding carboxylic acids is 1. The summed E-state index contributed by atoms with van der Waals surface area (Å²) in [7, 11) is -0.401. The number of hydrogen-bond acceptors (Lipinski definition) is 6. The van der Waals surface area contributed by atoms with Crippen LogP contribution in [0, 0.1) is 0 Å². The summed E-state index contributed by atoms with van der Waals surface area (Å²) in [5.41, 5.74) is 5.64. The van der Waals surface area contributed by atoms with E-state index in [1.54, 1.807) is 0 Å². The second-order valence-corrected chi connectivity index (χ2v) is 5.25. The monoisotopic (exact) mass is 274 g/mol. The fraction of sp³-hybridized carbons (Fsp3) is 0.300. The van der Waals surface area contributed by atoms with Crippen molar-refractivity contribution in [3.05, 3.63) is 23.8 Å². The van der Waals surface area contributed by atoms with Gasteiger partial charge in [0.05, 0.1) is 19.8 Å². The summed E-state index contributed by atoms with van der Waals surface area (Å²) >= 11 is 0. The molecule has 0 radical (unpaired) electrons. The Hall–Kier alpha value is -1.64. The van der Waals surface area contributed by atoms with Crippen LogP contribution in [0.5, 0.6) is 0 Å². The third-order valence-corrected chi connectivity index (χ3v) is 4.00. The quantitative estimate of drug-likeness (QED) is 0.479. The van der Waals surface area contributed by atoms with Crippen molar-refractivity contribution < 1.29 is 22.8 Å². The number of hydroxylamine groups is 1. The van der Waals surface area contributed by atoms with E-state index >= 15 is 0 Å². The summed E-state index contributed by atoms with van der Waals surface area (Å²) in [6.45, 7) is 0. The summed E-state index contributed by atoms with van der Waals surface area (Å²) in [4.78, 5) is 15.9. The van der Waals surface area contributed by atoms with Crippen molar-refractivity contribution in [3.8, 4) is 0 Å². The van der Waals surface area contributed by atoms with Crippen molar-refractivity contribution in [2.45, 2.75) is 4.90 Å². The standard InChI is InChI=1S/C10H14N2O5S/c1-12(17-3)18(14,15)9-6-7(11)4-5-8(9)10(13)16-2/h4-6H,11H2,1-3H3. The predicted molar refractivity (Wildman–Crippen MR) is 64.2 cm³/mol. The zero-order valence-electron chi connectivity index (χ0n) is 10.2. The number of ether oxygens (including phenoxy) is 1. The molecular formula is C10H14N2O5S. The van der Waals surface area contributed by atoms with E-state index in [2.05, 4.69) is 9.57 Å². The van der Waals surface area contributed by atoms with Crippen LogP contribution in [-0.2, 0) is 19.6 Å². The van der Waals surface area contributed by atoms with Crippen LogP contribution in [0.4, 0.5) is 5.69 Å². The highest BCUT2D eigenvalue weighted by molar-refractivity contribution is 7.89. The van der Waals surface area contributed by atoms with Crippen LogP contribution < -0.4 is 5.73 Å². The first-order valence-corrected chi connectivity index (χ1v) is 6.29. The van der Waals surface area contributed by atoms with E-state index < -0.39 is 16.0 Å². The average Bonchev–Trinajstić information content (AvgIpc) is 2.36. The largest absolute Gasteiger partial charge is 0.465 e. The van der Waals surface area contributed by atoms with E-state index in [4.69, 9.17) is 5.73 Å². The SMILES string of the molecule is COC(=O)c1ccc(N)cc1S(=O)(=O)N(C)OC. The maximum Gasteiger partial charge on any atom is 0.339 e. The van der Waals surface area contributed by atoms with Crippen LogP contribution in [-0.4, -0.2) is 40.1 Å². The lowest BCUT2D eigenvalue weighted by atomic mass is 10.2. The van der Waals surface area contributed by atoms with Crippen LogP contribution in [0.3, 0.4) is 0 Å². The van der Waals surface area contributed by atoms with Gasteiger partial charge in [0.2, 0.25) is 0 Å². The predicted octanol–water partition coefficient (Wildman–Crippen LogP) is 0.237. The van der Waals surface area contributed by atoms with Gasteiger partial charge in [0.15, 0.2) is 0 Å². The molecule has 1 aromatic carbocycles. The number of nitrogen functional groups attached to an aromatic ring is 1. The molecule has 1 aromatic rings. The molecule has 0 saturated heterocycles. The molecule has 0 aliphatic heterocycles. The molecule has 0 aliphatic carbocycles. The third-order valence-electron chi connectivity index (χ3n) is 2.28. The second-order valence-electron chi connectivity index (χ2n) is 3.34. The lowest BCUT2D eigenvalue weighted by Crippen LogP contribution is -2.27. The molecule has 0 bridgehead atoms. The molecule has 0 atom stereocenters. The van der Waals surface area contributed by atoms with Crippen molar-refractivity contribution in [2.75, 3.05) is 27.0 Å². The number of sulfonamides is 1. The number of rotatable bonds is 4. The Morgan fingerprint density at radius 1 is 1.33 bits per heavy atom. The first-order chi connectivity index (χ1) is 8.34. The zero-order chi connectivity index (χ0) is 13.9. The minimum Gasteiger partial charge on any atom is -0.465 e. The fourth-order valence-corrected chi connectivity index (χ4v) is 2.46. The van der Waals surface area contributed by atoms with Crippen molar-refractivity contribution in [2.24, 2.45) is 0 Å². The van der Waals surface area contributed by atoms with Crippen LogP contribution >= 0.6 is 0 Å². The molecule has 0 heterocycles. The number of esters is 1. The lowest BCUT2D eigenvalue weighted by molar-refractivity contribution is -0.0259. The summed E-state index contributed by atoms with van der Waals surface area (Å²) in [6, 6.07) is 3.88. The smallest absolute Gasteiger partial charge is 0.339 e. The molecule has 18 heavy (non-hydrogen) atoms. The van der Waals surface area contributed by atoms with Gasteiger partial charge < -0.3 is 10.5 Å². The Morgan fingerprint density at radius 3 is 2.44 bits per heavy atom. The van der Waals surface area contributed by atoms with Gasteiger partial charge in [0.1, 0.15) is 4.90 Å². The minimum atomic E-state index is -3.97. The molecule has 8 heteroatoms. The highest BCUT2D eigenvalue weighted by Gasteiger charge is 2.27. The van der Waals surface area contributed by atoms with Crippen molar-refractivity contribution in [1.82, 2.24) is 4.47 Å². The summed E-state index contributed by atoms with van der Waals surface area (Å²) in [5, 5.41) is 0. The average molecular weight is 274 g/mol. The number of nitrogens with two attached hydrogens (primary N) is 1. The van der Waals surface area contributed by atoms with Gasteiger partial charge in [0, 0.05) is 12.7 Å². The van der Waals surface area contributed by atoms with E-state index in [-0.39, 0.29) is 16.1 Å². The molecule has 0 unspecified atom stereocenters. The van der Waals surface area contributed by atoms with Gasteiger partial charge in [-0.2, -0.15) is 0 Å². The van der Waals surface area contributed by atoms with Gasteiger partial charge in [-0.15, -0.1) is 0 Å². The van der Waals surface area contributed by atoms with Crippen LogP contribution in [0.15, 0.2) is 23.1 Å². The number of benzene rings is 1. The molecule has 1 rings (SSSR count). The fourth-order valence-electron chi connectivity index (χ4n) is 1.27. The molecule has 0 aliphatic rings. The number of methoxy groups -OCH3 is 1. The van der Waals surface area contributed by atoms with Gasteiger partial charge >= 0.3 is 5.97 Å². The Balaban J connectivity index is 3.48. The molecule has 0 amide bonds. The normalized spacial score (nSPS) is 11.6. The van der Waals surface area contributed by atoms with Crippen LogP contribution in [0.1, 0.15) is 10.4 Å². The van der Waals surface area contributed by atoms with Gasteiger partial charge in [-0.05, 0) is 18.2 Å². The number of hydrogen-bond donors (Lipinski definition) is 1. The molecule has 0 saturated carbocycles. The first-order valence-electron chi connectivity index (χ1n) is 4.85. The van der Waals surface area contributed by atoms with E-state index in [9.17, 15) is 13.2 Å². The highest BCUT2D eigenvalue weighted by atomic mass is 32.2. The second kappa shape index (κ2) is 5.34. The molecule has 0 fully saturated rings. The van der Waals surface area contributed by atoms with Gasteiger partial charge in [0.25, 0.3) is 10.0 Å². The molecular weight excluding hydrogens is 260 g/mol. The van der Waals surface area contributed by atoms with E-state index in [0.717, 1.165) is 7.11 Å². The molecule has 2 N–H and O–H groups in total. The molecule has 0 spiro atoms. The summed E-state index contributed by atoms with van der Waals surface area (Å²) in [6.07, 6.45) is 0. The Bertz CT molecular complexity index is 555. The van der Waals surface area contributed by atoms with Crippen molar-refractivity contribution in [1.29, 1.82) is 0 Å². The first kappa shape index (κ1) is 14.4. The summed E-state index contributed by atoms with van der Waals surface area (Å²) < 4.78 is 29.3. The molecule has 7 nitrogen and oxygen atoms in total. The van der Waals surface area contributed by atoms with Crippen LogP contribution in [0.2, 0.25) is 0 Å². The van der Waals surface area contributed by atoms with E-state index in [1.165, 1.54) is 32.4 Å². The molecule has 0 aromatic heterocycles. The minimum absolute atomic E-state index is 0.101. The van der Waals surface area contributed by atoms with Crippen molar-refractivity contribution in [3.63, 3.8) is 0 Å². The van der Waals surface area contributed by atoms with Gasteiger partial charge in [-0.1, -0.05) is 4.47 Å². The maximum absolute atomic E-state index is 12.1. The lowest BCUT2D eigenvalue weighted by Gasteiger charge is -2.16. The van der Waals surface area contributed by atoms with E-state index in [1.807, 2.05) is 0 Å². The number of anilines is 1. The number of carbonyl (C=O) groups is 1. The topological polar surface area (TPSA) is 98.9 Å².